The van der Waals surface area contributed by atoms with Crippen molar-refractivity contribution in [3.8, 4) is 6.07 Å². The second-order valence-electron chi connectivity index (χ2n) is 6.88. The Bertz CT molecular complexity index is 722. The van der Waals surface area contributed by atoms with E-state index in [-0.39, 0.29) is 16.9 Å². The summed E-state index contributed by atoms with van der Waals surface area (Å²) in [7, 11) is -0.733. The Kier molecular flexibility index (Phi) is 5.34. The molecule has 1 aliphatic rings. The minimum atomic E-state index is -4.48. The van der Waals surface area contributed by atoms with Crippen molar-refractivity contribution in [1.82, 2.24) is 0 Å². The van der Waals surface area contributed by atoms with Crippen molar-refractivity contribution in [2.45, 2.75) is 45.1 Å². The Morgan fingerprint density at radius 2 is 1.80 bits per heavy atom. The molecule has 0 unspecified atom stereocenters. The van der Waals surface area contributed by atoms with Crippen LogP contribution in [0.3, 0.4) is 0 Å². The Morgan fingerprint density at radius 3 is 2.24 bits per heavy atom. The Hall–Kier alpha value is -1.43. The topological polar surface area (TPSA) is 42.2 Å². The second kappa shape index (κ2) is 6.71. The lowest BCUT2D eigenvalue weighted by atomic mass is 9.78. The van der Waals surface area contributed by atoms with Crippen molar-refractivity contribution in [3.63, 3.8) is 0 Å². The zero-order chi connectivity index (χ0) is 19.0. The molecule has 8 heteroatoms. The number of halogens is 3. The van der Waals surface area contributed by atoms with Crippen LogP contribution in [0.15, 0.2) is 23.7 Å². The highest BCUT2D eigenvalue weighted by Gasteiger charge is 2.52. The second-order valence-corrected chi connectivity index (χ2v) is 7.19. The zero-order valence-corrected chi connectivity index (χ0v) is 15.3. The molecule has 0 aromatic heterocycles. The third-order valence-electron chi connectivity index (χ3n) is 4.58. The van der Waals surface area contributed by atoms with Gasteiger partial charge in [-0.05, 0) is 56.9 Å². The molecule has 0 spiro atoms. The van der Waals surface area contributed by atoms with Gasteiger partial charge >= 0.3 is 13.3 Å². The summed E-state index contributed by atoms with van der Waals surface area (Å²) in [4.78, 5) is 0. The van der Waals surface area contributed by atoms with E-state index >= 15 is 0 Å². The summed E-state index contributed by atoms with van der Waals surface area (Å²) in [5.74, 6) is 0.220. The van der Waals surface area contributed by atoms with Crippen molar-refractivity contribution in [2.24, 2.45) is 0 Å². The van der Waals surface area contributed by atoms with Crippen molar-refractivity contribution in [1.29, 1.82) is 5.26 Å². The van der Waals surface area contributed by atoms with Crippen molar-refractivity contribution >= 4 is 25.8 Å². The number of hydrogen-bond donors (Lipinski definition) is 1. The summed E-state index contributed by atoms with van der Waals surface area (Å²) in [5.41, 5.74) is -1.11. The van der Waals surface area contributed by atoms with E-state index in [0.717, 1.165) is 18.2 Å². The summed E-state index contributed by atoms with van der Waals surface area (Å²) in [6.07, 6.45) is -3.00. The smallest absolute Gasteiger partial charge is 0.400 e. The van der Waals surface area contributed by atoms with E-state index in [2.05, 4.69) is 12.6 Å². The molecule has 0 amide bonds. The normalized spacial score (nSPS) is 19.8. The molecule has 1 aliphatic heterocycles. The van der Waals surface area contributed by atoms with Crippen LogP contribution in [0, 0.1) is 11.3 Å². The summed E-state index contributed by atoms with van der Waals surface area (Å²) < 4.78 is 50.7. The molecule has 0 atom stereocenters. The lowest BCUT2D eigenvalue weighted by Gasteiger charge is -2.32. The van der Waals surface area contributed by atoms with E-state index in [1.807, 2.05) is 33.8 Å². The van der Waals surface area contributed by atoms with Crippen molar-refractivity contribution < 1.29 is 22.5 Å². The molecule has 1 aromatic carbocycles. The molecule has 1 saturated heterocycles. The third kappa shape index (κ3) is 4.05. The molecule has 1 fully saturated rings. The van der Waals surface area contributed by atoms with E-state index in [0.29, 0.717) is 5.47 Å². The van der Waals surface area contributed by atoms with Gasteiger partial charge in [-0.15, -0.1) is 0 Å². The Balaban J connectivity index is 2.45. The van der Waals surface area contributed by atoms with Gasteiger partial charge in [0.15, 0.2) is 0 Å². The fourth-order valence-electron chi connectivity index (χ4n) is 2.34. The Labute approximate surface area is 151 Å². The molecule has 0 bridgehead atoms. The van der Waals surface area contributed by atoms with Gasteiger partial charge in [0.25, 0.3) is 0 Å². The maximum atomic E-state index is 13.0. The van der Waals surface area contributed by atoms with Crippen LogP contribution in [-0.2, 0) is 15.5 Å². The molecule has 0 aliphatic carbocycles. The predicted molar refractivity (Wildman–Crippen MR) is 94.1 cm³/mol. The van der Waals surface area contributed by atoms with Gasteiger partial charge in [0.05, 0.1) is 28.4 Å². The molecule has 1 heterocycles. The maximum absolute atomic E-state index is 13.0. The highest BCUT2D eigenvalue weighted by Crippen LogP contribution is 2.39. The fraction of sp³-hybridized carbons (Fsp3) is 0.471. The first-order valence-corrected chi connectivity index (χ1v) is 8.33. The largest absolute Gasteiger partial charge is 0.491 e. The van der Waals surface area contributed by atoms with Crippen LogP contribution in [0.4, 0.5) is 13.2 Å². The summed E-state index contributed by atoms with van der Waals surface area (Å²) in [6.45, 7) is 7.53. The molecule has 25 heavy (non-hydrogen) atoms. The van der Waals surface area contributed by atoms with Gasteiger partial charge in [-0.1, -0.05) is 6.08 Å². The van der Waals surface area contributed by atoms with Gasteiger partial charge in [-0.3, -0.25) is 0 Å². The number of hydrogen-bond acceptors (Lipinski definition) is 4. The van der Waals surface area contributed by atoms with Gasteiger partial charge in [-0.25, -0.2) is 0 Å². The average Bonchev–Trinajstić information content (AvgIpc) is 2.71. The third-order valence-corrected chi connectivity index (χ3v) is 4.94. The lowest BCUT2D eigenvalue weighted by molar-refractivity contribution is -0.137. The SMILES string of the molecule is CC1(C)OB(C(=Cc2cc(C(F)(F)F)ccc2C#N)CS)OC1(C)C. The minimum absolute atomic E-state index is 0.142. The predicted octanol–water partition coefficient (Wildman–Crippen LogP) is 4.52. The van der Waals surface area contributed by atoms with Crippen LogP contribution in [0.1, 0.15) is 44.4 Å². The Morgan fingerprint density at radius 1 is 1.24 bits per heavy atom. The van der Waals surface area contributed by atoms with Gasteiger partial charge in [-0.2, -0.15) is 31.1 Å². The lowest BCUT2D eigenvalue weighted by Crippen LogP contribution is -2.41. The highest BCUT2D eigenvalue weighted by atomic mass is 32.1. The summed E-state index contributed by atoms with van der Waals surface area (Å²) in [5, 5.41) is 9.19. The number of rotatable bonds is 3. The van der Waals surface area contributed by atoms with Crippen molar-refractivity contribution in [3.05, 3.63) is 40.4 Å². The molecule has 0 saturated carbocycles. The van der Waals surface area contributed by atoms with Crippen LogP contribution in [0.25, 0.3) is 6.08 Å². The van der Waals surface area contributed by atoms with Gasteiger partial charge < -0.3 is 9.31 Å². The number of nitriles is 1. The number of nitrogens with zero attached hydrogens (tertiary/aromatic N) is 1. The van der Waals surface area contributed by atoms with Crippen LogP contribution >= 0.6 is 12.6 Å². The summed E-state index contributed by atoms with van der Waals surface area (Å²) in [6, 6.07) is 4.92. The standard InChI is InChI=1S/C17H19BF3NO2S/c1-15(2)16(3,4)24-18(23-15)14(10-25)8-12-7-13(17(19,20)21)6-5-11(12)9-22/h5-8,25H,10H2,1-4H3. The number of alkyl halides is 3. The first kappa shape index (κ1) is 19.9. The first-order chi connectivity index (χ1) is 11.4. The quantitative estimate of drug-likeness (QED) is 0.629. The molecule has 2 rings (SSSR count). The minimum Gasteiger partial charge on any atom is -0.400 e. The van der Waals surface area contributed by atoms with Gasteiger partial charge in [0.2, 0.25) is 0 Å². The maximum Gasteiger partial charge on any atom is 0.491 e. The zero-order valence-electron chi connectivity index (χ0n) is 14.4. The highest BCUT2D eigenvalue weighted by molar-refractivity contribution is 7.80. The van der Waals surface area contributed by atoms with Crippen LogP contribution < -0.4 is 0 Å². The van der Waals surface area contributed by atoms with E-state index in [1.54, 1.807) is 0 Å². The average molecular weight is 369 g/mol. The molecular formula is C17H19BF3NO2S. The molecule has 1 aromatic rings. The van der Waals surface area contributed by atoms with Crippen molar-refractivity contribution in [2.75, 3.05) is 5.75 Å². The number of benzene rings is 1. The molecule has 3 nitrogen and oxygen atoms in total. The molecule has 134 valence electrons. The first-order valence-electron chi connectivity index (χ1n) is 7.69. The van der Waals surface area contributed by atoms with Crippen LogP contribution in [0.5, 0.6) is 0 Å². The van der Waals surface area contributed by atoms with Gasteiger partial charge in [0, 0.05) is 5.75 Å². The van der Waals surface area contributed by atoms with E-state index < -0.39 is 30.1 Å². The van der Waals surface area contributed by atoms with Crippen LogP contribution in [-0.4, -0.2) is 24.1 Å². The summed E-state index contributed by atoms with van der Waals surface area (Å²) >= 11 is 4.25. The van der Waals surface area contributed by atoms with Gasteiger partial charge in [0.1, 0.15) is 0 Å². The van der Waals surface area contributed by atoms with E-state index in [4.69, 9.17) is 9.31 Å². The molecule has 0 N–H and O–H groups in total. The number of thiol groups is 1. The molecular weight excluding hydrogens is 350 g/mol. The molecule has 0 radical (unpaired) electrons. The van der Waals surface area contributed by atoms with E-state index in [9.17, 15) is 18.4 Å². The van der Waals surface area contributed by atoms with Crippen LogP contribution in [0.2, 0.25) is 0 Å². The fourth-order valence-corrected chi connectivity index (χ4v) is 2.58. The monoisotopic (exact) mass is 369 g/mol. The van der Waals surface area contributed by atoms with E-state index in [1.165, 1.54) is 6.08 Å².